The molecule has 0 radical (unpaired) electrons. The summed E-state index contributed by atoms with van der Waals surface area (Å²) in [5.74, 6) is -2.17. The van der Waals surface area contributed by atoms with E-state index in [2.05, 4.69) is 15.0 Å². The SMILES string of the molecule is CCNC(=O)C1CCN(S(=O)(=O)c2ccc(-c3cc(C(F)(F)F)on3)o2)C1. The van der Waals surface area contributed by atoms with Crippen LogP contribution in [0.1, 0.15) is 19.1 Å². The minimum absolute atomic E-state index is 0.00633. The molecule has 1 amide bonds. The van der Waals surface area contributed by atoms with E-state index in [-0.39, 0.29) is 30.5 Å². The summed E-state index contributed by atoms with van der Waals surface area (Å²) in [6, 6.07) is 2.95. The lowest BCUT2D eigenvalue weighted by atomic mass is 10.1. The van der Waals surface area contributed by atoms with E-state index in [9.17, 15) is 26.4 Å². The highest BCUT2D eigenvalue weighted by Crippen LogP contribution is 2.34. The summed E-state index contributed by atoms with van der Waals surface area (Å²) in [6.45, 7) is 2.36. The monoisotopic (exact) mass is 407 g/mol. The van der Waals surface area contributed by atoms with Gasteiger partial charge in [-0.2, -0.15) is 17.5 Å². The molecule has 0 bridgehead atoms. The van der Waals surface area contributed by atoms with E-state index in [0.29, 0.717) is 19.0 Å². The molecule has 0 spiro atoms. The van der Waals surface area contributed by atoms with Gasteiger partial charge in [-0.25, -0.2) is 8.42 Å². The molecule has 1 fully saturated rings. The summed E-state index contributed by atoms with van der Waals surface area (Å²) in [5.41, 5.74) is -0.273. The molecule has 1 unspecified atom stereocenters. The van der Waals surface area contributed by atoms with Gasteiger partial charge in [0, 0.05) is 25.7 Å². The molecule has 8 nitrogen and oxygen atoms in total. The predicted molar refractivity (Wildman–Crippen MR) is 84.8 cm³/mol. The number of hydrogen-bond acceptors (Lipinski definition) is 6. The smallest absolute Gasteiger partial charge is 0.441 e. The third-order valence-electron chi connectivity index (χ3n) is 4.09. The van der Waals surface area contributed by atoms with Crippen molar-refractivity contribution in [1.29, 1.82) is 0 Å². The van der Waals surface area contributed by atoms with Gasteiger partial charge in [-0.15, -0.1) is 0 Å². The van der Waals surface area contributed by atoms with Gasteiger partial charge >= 0.3 is 6.18 Å². The molecule has 0 aliphatic carbocycles. The molecule has 2 aromatic heterocycles. The zero-order chi connectivity index (χ0) is 19.8. The molecule has 1 aliphatic rings. The Morgan fingerprint density at radius 1 is 1.41 bits per heavy atom. The molecule has 27 heavy (non-hydrogen) atoms. The van der Waals surface area contributed by atoms with E-state index >= 15 is 0 Å². The first kappa shape index (κ1) is 19.4. The summed E-state index contributed by atoms with van der Waals surface area (Å²) < 4.78 is 73.5. The van der Waals surface area contributed by atoms with Gasteiger partial charge in [-0.05, 0) is 25.5 Å². The van der Waals surface area contributed by atoms with E-state index in [0.717, 1.165) is 10.4 Å². The minimum Gasteiger partial charge on any atom is -0.441 e. The molecular formula is C15H16F3N3O5S. The lowest BCUT2D eigenvalue weighted by molar-refractivity contribution is -0.155. The van der Waals surface area contributed by atoms with Gasteiger partial charge in [-0.1, -0.05) is 5.16 Å². The average Bonchev–Trinajstić information content (AvgIpc) is 3.32. The third kappa shape index (κ3) is 3.86. The van der Waals surface area contributed by atoms with E-state index < -0.39 is 33.0 Å². The Morgan fingerprint density at radius 2 is 2.15 bits per heavy atom. The van der Waals surface area contributed by atoms with Crippen LogP contribution in [0, 0.1) is 5.92 Å². The first-order valence-corrected chi connectivity index (χ1v) is 9.49. The van der Waals surface area contributed by atoms with Crippen molar-refractivity contribution in [3.8, 4) is 11.5 Å². The van der Waals surface area contributed by atoms with Crippen LogP contribution in [0.25, 0.3) is 11.5 Å². The number of sulfonamides is 1. The van der Waals surface area contributed by atoms with Crippen LogP contribution in [0.5, 0.6) is 0 Å². The molecule has 2 aromatic rings. The molecule has 148 valence electrons. The maximum absolute atomic E-state index is 12.6. The normalized spacial score (nSPS) is 18.7. The van der Waals surface area contributed by atoms with Gasteiger partial charge in [0.1, 0.15) is 5.69 Å². The van der Waals surface area contributed by atoms with Crippen molar-refractivity contribution < 1.29 is 35.3 Å². The Kier molecular flexibility index (Phi) is 5.04. The second-order valence-corrected chi connectivity index (χ2v) is 7.80. The van der Waals surface area contributed by atoms with Crippen LogP contribution < -0.4 is 5.32 Å². The molecule has 3 rings (SSSR count). The van der Waals surface area contributed by atoms with Crippen molar-refractivity contribution in [2.45, 2.75) is 24.6 Å². The van der Waals surface area contributed by atoms with Crippen LogP contribution in [0.3, 0.4) is 0 Å². The quantitative estimate of drug-likeness (QED) is 0.814. The molecule has 3 heterocycles. The van der Waals surface area contributed by atoms with Gasteiger partial charge in [0.2, 0.25) is 16.8 Å². The molecule has 0 saturated carbocycles. The first-order valence-electron chi connectivity index (χ1n) is 8.05. The van der Waals surface area contributed by atoms with E-state index in [1.54, 1.807) is 6.92 Å². The van der Waals surface area contributed by atoms with Crippen molar-refractivity contribution in [3.63, 3.8) is 0 Å². The molecule has 1 aliphatic heterocycles. The lowest BCUT2D eigenvalue weighted by Crippen LogP contribution is -2.34. The molecule has 1 atom stereocenters. The molecule has 0 aromatic carbocycles. The van der Waals surface area contributed by atoms with Gasteiger partial charge in [0.05, 0.1) is 5.92 Å². The van der Waals surface area contributed by atoms with Crippen LogP contribution >= 0.6 is 0 Å². The van der Waals surface area contributed by atoms with Crippen LogP contribution in [0.15, 0.2) is 32.2 Å². The predicted octanol–water partition coefficient (Wildman–Crippen LogP) is 2.10. The summed E-state index contributed by atoms with van der Waals surface area (Å²) in [5, 5.41) is 5.46. The number of nitrogens with one attached hydrogen (secondary N) is 1. The van der Waals surface area contributed by atoms with Gasteiger partial charge < -0.3 is 14.3 Å². The first-order chi connectivity index (χ1) is 12.6. The molecule has 1 saturated heterocycles. The van der Waals surface area contributed by atoms with Crippen molar-refractivity contribution in [3.05, 3.63) is 24.0 Å². The largest absolute Gasteiger partial charge is 0.452 e. The average molecular weight is 407 g/mol. The molecule has 12 heteroatoms. The summed E-state index contributed by atoms with van der Waals surface area (Å²) in [6.07, 6.45) is -4.34. The molecule has 1 N–H and O–H groups in total. The zero-order valence-corrected chi connectivity index (χ0v) is 14.9. The fourth-order valence-corrected chi connectivity index (χ4v) is 4.14. The Bertz CT molecular complexity index is 935. The topological polar surface area (TPSA) is 106 Å². The van der Waals surface area contributed by atoms with Gasteiger partial charge in [-0.3, -0.25) is 4.79 Å². The Hall–Kier alpha value is -2.34. The van der Waals surface area contributed by atoms with Gasteiger partial charge in [0.15, 0.2) is 5.76 Å². The van der Waals surface area contributed by atoms with Crippen LogP contribution in [-0.2, 0) is 21.0 Å². The van der Waals surface area contributed by atoms with Crippen molar-refractivity contribution >= 4 is 15.9 Å². The van der Waals surface area contributed by atoms with E-state index in [4.69, 9.17) is 4.42 Å². The highest BCUT2D eigenvalue weighted by atomic mass is 32.2. The Labute approximate surface area is 152 Å². The second kappa shape index (κ2) is 7.00. The number of furan rings is 1. The number of carbonyl (C=O) groups is 1. The fourth-order valence-electron chi connectivity index (χ4n) is 2.73. The van der Waals surface area contributed by atoms with Crippen LogP contribution in [0.4, 0.5) is 13.2 Å². The van der Waals surface area contributed by atoms with Gasteiger partial charge in [0.25, 0.3) is 10.0 Å². The number of aromatic nitrogens is 1. The summed E-state index contributed by atoms with van der Waals surface area (Å²) in [4.78, 5) is 11.9. The van der Waals surface area contributed by atoms with E-state index in [1.165, 1.54) is 6.07 Å². The number of alkyl halides is 3. The fraction of sp³-hybridized carbons (Fsp3) is 0.467. The van der Waals surface area contributed by atoms with Crippen molar-refractivity contribution in [2.24, 2.45) is 5.92 Å². The highest BCUT2D eigenvalue weighted by molar-refractivity contribution is 7.89. The third-order valence-corrected chi connectivity index (χ3v) is 5.83. The minimum atomic E-state index is -4.71. The zero-order valence-electron chi connectivity index (χ0n) is 14.1. The maximum Gasteiger partial charge on any atom is 0.452 e. The van der Waals surface area contributed by atoms with Crippen LogP contribution in [0.2, 0.25) is 0 Å². The van der Waals surface area contributed by atoms with Crippen molar-refractivity contribution in [1.82, 2.24) is 14.8 Å². The van der Waals surface area contributed by atoms with Crippen molar-refractivity contribution in [2.75, 3.05) is 19.6 Å². The summed E-state index contributed by atoms with van der Waals surface area (Å²) >= 11 is 0. The molecular weight excluding hydrogens is 391 g/mol. The Morgan fingerprint density at radius 3 is 2.78 bits per heavy atom. The number of carbonyl (C=O) groups excluding carboxylic acids is 1. The Balaban J connectivity index is 1.77. The standard InChI is InChI=1S/C15H16F3N3O5S/c1-2-19-14(22)9-5-6-21(8-9)27(23,24)13-4-3-11(25-13)10-7-12(26-20-10)15(16,17)18/h3-4,7,9H,2,5-6,8H2,1H3,(H,19,22). The summed E-state index contributed by atoms with van der Waals surface area (Å²) in [7, 11) is -4.02. The van der Waals surface area contributed by atoms with Crippen LogP contribution in [-0.4, -0.2) is 43.4 Å². The number of halogens is 3. The number of hydrogen-bond donors (Lipinski definition) is 1. The number of rotatable bonds is 5. The maximum atomic E-state index is 12.6. The highest BCUT2D eigenvalue weighted by Gasteiger charge is 2.38. The van der Waals surface area contributed by atoms with E-state index in [1.807, 2.05) is 0 Å². The second-order valence-electron chi connectivity index (χ2n) is 5.94. The number of nitrogens with zero attached hydrogens (tertiary/aromatic N) is 2. The lowest BCUT2D eigenvalue weighted by Gasteiger charge is -2.14. The number of amides is 1.